The molecule has 0 saturated carbocycles. The van der Waals surface area contributed by atoms with Crippen LogP contribution in [0.4, 0.5) is 5.82 Å². The van der Waals surface area contributed by atoms with E-state index in [1.807, 2.05) is 11.0 Å². The number of carbonyl (C=O) groups is 1. The molecule has 0 atom stereocenters. The van der Waals surface area contributed by atoms with Gasteiger partial charge >= 0.3 is 0 Å². The number of anilines is 1. The summed E-state index contributed by atoms with van der Waals surface area (Å²) in [5.41, 5.74) is 1.39. The van der Waals surface area contributed by atoms with E-state index in [1.165, 1.54) is 6.26 Å². The second-order valence-corrected chi connectivity index (χ2v) is 7.37. The average molecular weight is 381 g/mol. The minimum Gasteiger partial charge on any atom is -0.459 e. The zero-order valence-corrected chi connectivity index (χ0v) is 16.0. The molecule has 3 aromatic heterocycles. The number of aromatic nitrogens is 3. The van der Waals surface area contributed by atoms with Crippen LogP contribution >= 0.6 is 0 Å². The number of piperazine rings is 1. The van der Waals surface area contributed by atoms with E-state index in [0.29, 0.717) is 50.2 Å². The lowest BCUT2D eigenvalue weighted by molar-refractivity contribution is 0.0714. The molecule has 8 heteroatoms. The van der Waals surface area contributed by atoms with Gasteiger partial charge in [-0.2, -0.15) is 0 Å². The highest BCUT2D eigenvalue weighted by Gasteiger charge is 2.26. The third-order valence-electron chi connectivity index (χ3n) is 4.88. The van der Waals surface area contributed by atoms with Gasteiger partial charge in [-0.3, -0.25) is 14.6 Å². The first-order chi connectivity index (χ1) is 13.5. The highest BCUT2D eigenvalue weighted by atomic mass is 16.3. The number of rotatable bonds is 4. The predicted molar refractivity (Wildman–Crippen MR) is 105 cm³/mol. The lowest BCUT2D eigenvalue weighted by atomic mass is 10.2. The first kappa shape index (κ1) is 18.2. The van der Waals surface area contributed by atoms with Crippen molar-refractivity contribution in [2.24, 2.45) is 5.92 Å². The minimum atomic E-state index is -0.126. The van der Waals surface area contributed by atoms with Gasteiger partial charge in [0.2, 0.25) is 0 Å². The van der Waals surface area contributed by atoms with Crippen molar-refractivity contribution >= 4 is 22.8 Å². The minimum absolute atomic E-state index is 0.111. The number of pyridine rings is 1. The molecule has 1 saturated heterocycles. The Morgan fingerprint density at radius 3 is 2.68 bits per heavy atom. The molecule has 0 N–H and O–H groups in total. The predicted octanol–water partition coefficient (Wildman–Crippen LogP) is 2.00. The molecule has 4 rings (SSSR count). The number of carbonyl (C=O) groups excluding carboxylic acids is 1. The van der Waals surface area contributed by atoms with Gasteiger partial charge in [-0.25, -0.2) is 4.98 Å². The van der Waals surface area contributed by atoms with Crippen molar-refractivity contribution in [1.82, 2.24) is 19.4 Å². The van der Waals surface area contributed by atoms with Crippen LogP contribution in [0.25, 0.3) is 11.0 Å². The van der Waals surface area contributed by atoms with Crippen molar-refractivity contribution in [2.75, 3.05) is 31.1 Å². The SMILES string of the molecule is CC(C)Cn1c(=O)c(N2CCN(C(=O)c3ccco3)CC2)nc2ccncc21. The lowest BCUT2D eigenvalue weighted by Gasteiger charge is -2.34. The van der Waals surface area contributed by atoms with Crippen molar-refractivity contribution in [3.63, 3.8) is 0 Å². The monoisotopic (exact) mass is 381 g/mol. The summed E-state index contributed by atoms with van der Waals surface area (Å²) in [7, 11) is 0. The van der Waals surface area contributed by atoms with Gasteiger partial charge in [0.15, 0.2) is 11.6 Å². The second kappa shape index (κ2) is 7.46. The molecule has 28 heavy (non-hydrogen) atoms. The molecule has 8 nitrogen and oxygen atoms in total. The Morgan fingerprint density at radius 2 is 2.00 bits per heavy atom. The maximum absolute atomic E-state index is 13.2. The van der Waals surface area contributed by atoms with Crippen molar-refractivity contribution in [3.8, 4) is 0 Å². The average Bonchev–Trinajstić information content (AvgIpc) is 3.24. The zero-order valence-electron chi connectivity index (χ0n) is 16.0. The van der Waals surface area contributed by atoms with Gasteiger partial charge in [0.25, 0.3) is 11.5 Å². The van der Waals surface area contributed by atoms with E-state index in [9.17, 15) is 9.59 Å². The van der Waals surface area contributed by atoms with E-state index in [2.05, 4.69) is 23.8 Å². The number of hydrogen-bond acceptors (Lipinski definition) is 6. The summed E-state index contributed by atoms with van der Waals surface area (Å²) in [6, 6.07) is 5.19. The van der Waals surface area contributed by atoms with Crippen LogP contribution in [-0.4, -0.2) is 51.5 Å². The van der Waals surface area contributed by atoms with Gasteiger partial charge in [-0.05, 0) is 24.1 Å². The Hall–Kier alpha value is -3.16. The van der Waals surface area contributed by atoms with Gasteiger partial charge in [-0.1, -0.05) is 13.8 Å². The summed E-state index contributed by atoms with van der Waals surface area (Å²) in [6.07, 6.45) is 4.87. The zero-order chi connectivity index (χ0) is 19.7. The van der Waals surface area contributed by atoms with Gasteiger partial charge in [0.05, 0.1) is 23.5 Å². The molecular weight excluding hydrogens is 358 g/mol. The third-order valence-corrected chi connectivity index (χ3v) is 4.88. The Bertz CT molecular complexity index is 1030. The molecule has 1 amide bonds. The molecule has 0 aliphatic carbocycles. The van der Waals surface area contributed by atoms with Gasteiger partial charge in [0.1, 0.15) is 0 Å². The van der Waals surface area contributed by atoms with Crippen LogP contribution in [0, 0.1) is 5.92 Å². The highest BCUT2D eigenvalue weighted by molar-refractivity contribution is 5.91. The van der Waals surface area contributed by atoms with Crippen molar-refractivity contribution in [2.45, 2.75) is 20.4 Å². The van der Waals surface area contributed by atoms with Crippen LogP contribution in [0.2, 0.25) is 0 Å². The highest BCUT2D eigenvalue weighted by Crippen LogP contribution is 2.17. The Balaban J connectivity index is 1.61. The summed E-state index contributed by atoms with van der Waals surface area (Å²) >= 11 is 0. The molecule has 1 aliphatic heterocycles. The lowest BCUT2D eigenvalue weighted by Crippen LogP contribution is -2.50. The summed E-state index contributed by atoms with van der Waals surface area (Å²) < 4.78 is 6.96. The van der Waals surface area contributed by atoms with Gasteiger partial charge in [-0.15, -0.1) is 0 Å². The fourth-order valence-electron chi connectivity index (χ4n) is 3.50. The summed E-state index contributed by atoms with van der Waals surface area (Å²) in [5.74, 6) is 0.965. The quantitative estimate of drug-likeness (QED) is 0.687. The van der Waals surface area contributed by atoms with Gasteiger partial charge in [0, 0.05) is 38.9 Å². The van der Waals surface area contributed by atoms with Crippen molar-refractivity contribution in [3.05, 3.63) is 53.0 Å². The Morgan fingerprint density at radius 1 is 1.21 bits per heavy atom. The van der Waals surface area contributed by atoms with E-state index in [0.717, 1.165) is 11.0 Å². The van der Waals surface area contributed by atoms with E-state index < -0.39 is 0 Å². The molecule has 146 valence electrons. The summed E-state index contributed by atoms with van der Waals surface area (Å²) in [4.78, 5) is 38.1. The van der Waals surface area contributed by atoms with E-state index >= 15 is 0 Å². The number of amides is 1. The molecule has 1 fully saturated rings. The summed E-state index contributed by atoms with van der Waals surface area (Å²) in [5, 5.41) is 0. The topological polar surface area (TPSA) is 84.5 Å². The fraction of sp³-hybridized carbons (Fsp3) is 0.400. The molecule has 0 radical (unpaired) electrons. The standard InChI is InChI=1S/C20H23N5O3/c1-14(2)13-25-16-12-21-6-5-15(16)22-18(20(25)27)23-7-9-24(10-8-23)19(26)17-4-3-11-28-17/h3-6,11-12,14H,7-10,13H2,1-2H3. The molecule has 0 spiro atoms. The molecule has 3 aromatic rings. The van der Waals surface area contributed by atoms with Crippen molar-refractivity contribution < 1.29 is 9.21 Å². The number of furan rings is 1. The second-order valence-electron chi connectivity index (χ2n) is 7.37. The van der Waals surface area contributed by atoms with Crippen LogP contribution < -0.4 is 10.5 Å². The van der Waals surface area contributed by atoms with Crippen LogP contribution in [-0.2, 0) is 6.54 Å². The third kappa shape index (κ3) is 3.37. The maximum Gasteiger partial charge on any atom is 0.294 e. The number of nitrogens with zero attached hydrogens (tertiary/aromatic N) is 5. The molecule has 1 aliphatic rings. The fourth-order valence-corrected chi connectivity index (χ4v) is 3.50. The van der Waals surface area contributed by atoms with Crippen LogP contribution in [0.15, 0.2) is 46.1 Å². The van der Waals surface area contributed by atoms with E-state index in [4.69, 9.17) is 4.42 Å². The largest absolute Gasteiger partial charge is 0.459 e. The molecule has 0 unspecified atom stereocenters. The van der Waals surface area contributed by atoms with Crippen LogP contribution in [0.5, 0.6) is 0 Å². The first-order valence-corrected chi connectivity index (χ1v) is 9.47. The van der Waals surface area contributed by atoms with Crippen molar-refractivity contribution in [1.29, 1.82) is 0 Å². The van der Waals surface area contributed by atoms with Crippen LogP contribution in [0.3, 0.4) is 0 Å². The smallest absolute Gasteiger partial charge is 0.294 e. The Kier molecular flexibility index (Phi) is 4.85. The Labute approximate surface area is 162 Å². The van der Waals surface area contributed by atoms with E-state index in [1.54, 1.807) is 34.0 Å². The van der Waals surface area contributed by atoms with Gasteiger partial charge < -0.3 is 18.8 Å². The normalized spacial score (nSPS) is 14.8. The number of hydrogen-bond donors (Lipinski definition) is 0. The molecule has 0 aromatic carbocycles. The number of fused-ring (bicyclic) bond motifs is 1. The summed E-state index contributed by atoms with van der Waals surface area (Å²) in [6.45, 7) is 6.88. The van der Waals surface area contributed by atoms with Crippen LogP contribution in [0.1, 0.15) is 24.4 Å². The van der Waals surface area contributed by atoms with E-state index in [-0.39, 0.29) is 11.5 Å². The molecular formula is C20H23N5O3. The first-order valence-electron chi connectivity index (χ1n) is 9.47. The molecule has 4 heterocycles. The molecule has 0 bridgehead atoms. The maximum atomic E-state index is 13.2.